The molecule has 0 aliphatic carbocycles. The minimum atomic E-state index is -2.05. The monoisotopic (exact) mass is 870 g/mol. The van der Waals surface area contributed by atoms with Gasteiger partial charge in [0.1, 0.15) is 23.7 Å². The minimum absolute atomic E-state index is 0. The molecule has 2 aliphatic heterocycles. The zero-order valence-electron chi connectivity index (χ0n) is 31.4. The first kappa shape index (κ1) is 50.9. The number of amides is 8. The largest absolute Gasteiger partial charge is 0.522 e. The summed E-state index contributed by atoms with van der Waals surface area (Å²) < 4.78 is 0. The first-order valence-corrected chi connectivity index (χ1v) is 18.0. The molecule has 23 heteroatoms. The summed E-state index contributed by atoms with van der Waals surface area (Å²) in [4.78, 5) is 119. The number of Topliss-reactive ketones (excluding diaryl/α,β-unsaturated/α-hetero) is 1. The number of thioether (sulfide) groups is 1. The third-order valence-corrected chi connectivity index (χ3v) is 9.03. The number of hydrogen-bond acceptors (Lipinski definition) is 12. The second-order valence-corrected chi connectivity index (χ2v) is 13.7. The Morgan fingerprint density at radius 2 is 1.71 bits per heavy atom. The van der Waals surface area contributed by atoms with E-state index in [1.807, 2.05) is 13.8 Å². The number of ketones is 1. The van der Waals surface area contributed by atoms with E-state index < -0.39 is 109 Å². The predicted octanol–water partition coefficient (Wildman–Crippen LogP) is -3.68. The summed E-state index contributed by atoms with van der Waals surface area (Å²) >= 11 is 0.916. The second-order valence-electron chi connectivity index (χ2n) is 12.8. The Labute approximate surface area is 348 Å². The van der Waals surface area contributed by atoms with Crippen molar-refractivity contribution in [3.63, 3.8) is 0 Å². The van der Waals surface area contributed by atoms with Gasteiger partial charge in [-0.25, -0.2) is 0 Å². The molecule has 55 heavy (non-hydrogen) atoms. The van der Waals surface area contributed by atoms with Crippen molar-refractivity contribution in [3.05, 3.63) is 17.3 Å². The number of carbonyl (C=O) groups excluding carboxylic acids is 9. The van der Waals surface area contributed by atoms with E-state index in [4.69, 9.17) is 11.5 Å². The predicted molar refractivity (Wildman–Crippen MR) is 197 cm³/mol. The number of nitrogens with one attached hydrogen (secondary N) is 9. The van der Waals surface area contributed by atoms with Crippen LogP contribution in [0.3, 0.4) is 0 Å². The molecular weight excluding hydrogens is 819 g/mol. The van der Waals surface area contributed by atoms with Gasteiger partial charge >= 0.3 is 0 Å². The van der Waals surface area contributed by atoms with Crippen LogP contribution in [0.2, 0.25) is 0 Å². The Kier molecular flexibility index (Phi) is 23.9. The molecule has 8 amide bonds. The van der Waals surface area contributed by atoms with Crippen LogP contribution in [-0.2, 0) is 75.9 Å². The Bertz CT molecular complexity index is 1450. The molecule has 0 saturated carbocycles. The van der Waals surface area contributed by atoms with Crippen LogP contribution in [0.4, 0.5) is 0 Å². The molecule has 305 valence electrons. The van der Waals surface area contributed by atoms with E-state index in [2.05, 4.69) is 47.5 Å². The van der Waals surface area contributed by atoms with Crippen LogP contribution in [0.5, 0.6) is 0 Å². The van der Waals surface area contributed by atoms with E-state index >= 15 is 0 Å². The van der Waals surface area contributed by atoms with Gasteiger partial charge in [0.2, 0.25) is 41.4 Å². The van der Waals surface area contributed by atoms with Gasteiger partial charge in [-0.3, -0.25) is 38.4 Å². The third-order valence-electron chi connectivity index (χ3n) is 8.05. The summed E-state index contributed by atoms with van der Waals surface area (Å²) in [5, 5.41) is 30.6. The van der Waals surface area contributed by atoms with Crippen LogP contribution in [0, 0.1) is 11.8 Å². The number of carbonyl (C=O) groups is 8. The summed E-state index contributed by atoms with van der Waals surface area (Å²) in [6, 6.07) is -5.13. The molecule has 0 aromatic heterocycles. The number of nitrogens with two attached hydrogens (primary N) is 1. The van der Waals surface area contributed by atoms with E-state index in [1.54, 1.807) is 14.1 Å². The number of aliphatic hydroxyl groups excluding tert-OH is 1. The standard InChI is InChI=1S/C29H43N8O10S.C3H8N3.Y/c1-15(2)8-19-25(44)32-11-23(42)37-29(10-17(24(43)34-19)9-21(40)16(3)33-14-39)13-48-7-6-31-26(45)20(12-38)35-27(46)18(36-28(29)47)4-5-22(30)41;1-5-3(4)6-2;/h6-7,15-20,38H,4-5,8-13H2,1-3H3,(H2,30,41)(H,31,45)(H,32,44)(H,33,39)(H,34,43)(H,35,46)(H,36,47)(H,37,42);1-2H3,(H2-,4,5,6);/q2*-1;/b7-6-;;. The molecule has 2 rings (SSSR count). The van der Waals surface area contributed by atoms with Gasteiger partial charge in [-0.1, -0.05) is 13.8 Å². The molecule has 1 fully saturated rings. The van der Waals surface area contributed by atoms with Crippen molar-refractivity contribution in [2.45, 2.75) is 82.6 Å². The van der Waals surface area contributed by atoms with Crippen LogP contribution in [0.15, 0.2) is 16.6 Å². The molecule has 1 radical (unpaired) electrons. The molecule has 0 aromatic carbocycles. The van der Waals surface area contributed by atoms with Gasteiger partial charge in [-0.05, 0) is 51.6 Å². The topological polar surface area (TPSA) is 332 Å². The van der Waals surface area contributed by atoms with E-state index in [1.165, 1.54) is 24.9 Å². The van der Waals surface area contributed by atoms with E-state index in [0.717, 1.165) is 11.8 Å². The smallest absolute Gasteiger partial charge is 0.248 e. The summed E-state index contributed by atoms with van der Waals surface area (Å²) in [5.74, 6) is -8.03. The number of hydrogen-bond donors (Lipinski definition) is 10. The van der Waals surface area contributed by atoms with Gasteiger partial charge in [0.25, 0.3) is 0 Å². The number of guanidine groups is 1. The number of rotatable bonds is 11. The fourth-order valence-electron chi connectivity index (χ4n) is 5.11. The normalized spacial score (nSPS) is 25.3. The van der Waals surface area contributed by atoms with Crippen molar-refractivity contribution in [1.82, 2.24) is 42.5 Å². The molecule has 0 bridgehead atoms. The van der Waals surface area contributed by atoms with Crippen LogP contribution < -0.4 is 48.3 Å². The van der Waals surface area contributed by atoms with E-state index in [0.29, 0.717) is 0 Å². The zero-order chi connectivity index (χ0) is 41.0. The Morgan fingerprint density at radius 1 is 1.05 bits per heavy atom. The Hall–Kier alpha value is -4.15. The maximum atomic E-state index is 14.3. The average Bonchev–Trinajstić information content (AvgIpc) is 3.12. The van der Waals surface area contributed by atoms with Crippen molar-refractivity contribution in [2.75, 3.05) is 33.0 Å². The summed E-state index contributed by atoms with van der Waals surface area (Å²) in [5.41, 5.74) is 9.94. The van der Waals surface area contributed by atoms with Crippen molar-refractivity contribution in [1.29, 1.82) is 0 Å². The number of nitrogens with zero attached hydrogens (tertiary/aromatic N) is 1. The number of primary amides is 1. The fourth-order valence-corrected chi connectivity index (χ4v) is 5.97. The third kappa shape index (κ3) is 17.9. The molecule has 6 unspecified atom stereocenters. The van der Waals surface area contributed by atoms with Gasteiger partial charge < -0.3 is 68.9 Å². The zero-order valence-corrected chi connectivity index (χ0v) is 35.1. The van der Waals surface area contributed by atoms with E-state index in [-0.39, 0.29) is 69.6 Å². The van der Waals surface area contributed by atoms with Crippen molar-refractivity contribution in [2.24, 2.45) is 22.6 Å². The maximum Gasteiger partial charge on any atom is 0.248 e. The molecule has 1 spiro atoms. The minimum Gasteiger partial charge on any atom is -0.522 e. The molecule has 1 saturated heterocycles. The first-order valence-electron chi connectivity index (χ1n) is 16.9. The Balaban J connectivity index is 0.00000384. The average molecular weight is 871 g/mol. The maximum absolute atomic E-state index is 14.3. The number of aliphatic imine (C=N–C) groups is 1. The first-order chi connectivity index (χ1) is 25.4. The summed E-state index contributed by atoms with van der Waals surface area (Å²) in [6.07, 6.45) is 0.974. The molecule has 12 N–H and O–H groups in total. The van der Waals surface area contributed by atoms with Gasteiger partial charge in [0.15, 0.2) is 5.78 Å². The van der Waals surface area contributed by atoms with Gasteiger partial charge in [0.05, 0.1) is 19.2 Å². The molecular formula is C32H51N11O10SY-2. The van der Waals surface area contributed by atoms with Crippen LogP contribution in [0.25, 0.3) is 5.73 Å². The summed E-state index contributed by atoms with van der Waals surface area (Å²) in [6.45, 7) is 3.59. The molecule has 6 atom stereocenters. The van der Waals surface area contributed by atoms with Crippen LogP contribution in [0.1, 0.15) is 52.9 Å². The van der Waals surface area contributed by atoms with Crippen molar-refractivity contribution in [3.8, 4) is 0 Å². The van der Waals surface area contributed by atoms with Gasteiger partial charge in [-0.2, -0.15) is 6.41 Å². The van der Waals surface area contributed by atoms with Crippen LogP contribution >= 0.6 is 11.8 Å². The van der Waals surface area contributed by atoms with Crippen molar-refractivity contribution >= 4 is 71.3 Å². The van der Waals surface area contributed by atoms with Gasteiger partial charge in [0, 0.05) is 69.4 Å². The van der Waals surface area contributed by atoms with Gasteiger partial charge in [-0.15, -0.1) is 11.8 Å². The SMILES string of the molecule is CC(C)CC1NC(=O)C(CC(=O)C(C)N[C-]=O)CC2(CS/C=C\NC(=O)C(CO)NC(=O)C(CCC(N)=O)NC2=O)NC(=O)CNC1=O.CN=C([NH-])NC.[Y]. The molecule has 2 aliphatic rings. The summed E-state index contributed by atoms with van der Waals surface area (Å²) in [7, 11) is 3.23. The quantitative estimate of drug-likeness (QED) is 0.0416. The molecule has 0 aromatic rings. The van der Waals surface area contributed by atoms with Crippen LogP contribution in [-0.4, -0.2) is 127 Å². The molecule has 21 nitrogen and oxygen atoms in total. The molecule has 2 heterocycles. The Morgan fingerprint density at radius 3 is 2.25 bits per heavy atom. The fraction of sp³-hybridized carbons (Fsp3) is 0.625. The number of aliphatic hydroxyl groups is 1. The second kappa shape index (κ2) is 25.8. The van der Waals surface area contributed by atoms with E-state index in [9.17, 15) is 48.3 Å². The van der Waals surface area contributed by atoms with Crippen molar-refractivity contribution < 1.29 is 81.0 Å².